The van der Waals surface area contributed by atoms with Crippen molar-refractivity contribution in [1.29, 1.82) is 0 Å². The van der Waals surface area contributed by atoms with Crippen LogP contribution in [0.4, 0.5) is 4.39 Å². The van der Waals surface area contributed by atoms with Crippen molar-refractivity contribution < 1.29 is 9.50 Å². The molecule has 92 valence electrons. The van der Waals surface area contributed by atoms with Gasteiger partial charge in [0.25, 0.3) is 0 Å². The first kappa shape index (κ1) is 12.4. The molecule has 0 unspecified atom stereocenters. The van der Waals surface area contributed by atoms with Crippen LogP contribution in [-0.2, 0) is 0 Å². The summed E-state index contributed by atoms with van der Waals surface area (Å²) in [5.74, 6) is 0.0858. The topological polar surface area (TPSA) is 46.0 Å². The first-order chi connectivity index (χ1) is 8.69. The Morgan fingerprint density at radius 1 is 1.28 bits per heavy atom. The summed E-state index contributed by atoms with van der Waals surface area (Å²) < 4.78 is 12.9. The molecule has 0 aliphatic heterocycles. The molecule has 4 heteroatoms. The van der Waals surface area contributed by atoms with Crippen molar-refractivity contribution in [3.05, 3.63) is 53.6 Å². The van der Waals surface area contributed by atoms with Gasteiger partial charge in [-0.05, 0) is 24.6 Å². The van der Waals surface area contributed by atoms with Crippen molar-refractivity contribution >= 4 is 6.08 Å². The normalized spacial score (nSPS) is 11.6. The van der Waals surface area contributed by atoms with Gasteiger partial charge >= 0.3 is 0 Å². The highest BCUT2D eigenvalue weighted by Gasteiger charge is 2.01. The number of halogens is 1. The zero-order valence-corrected chi connectivity index (χ0v) is 9.97. The molecule has 0 amide bonds. The van der Waals surface area contributed by atoms with Crippen LogP contribution in [-0.4, -0.2) is 21.7 Å². The second-order valence-electron chi connectivity index (χ2n) is 3.89. The van der Waals surface area contributed by atoms with E-state index in [-0.39, 0.29) is 0 Å². The van der Waals surface area contributed by atoms with Crippen LogP contribution in [0, 0.1) is 6.92 Å². The van der Waals surface area contributed by atoms with Crippen molar-refractivity contribution in [3.8, 4) is 11.4 Å². The minimum absolute atomic E-state index is 0.561. The summed E-state index contributed by atoms with van der Waals surface area (Å²) in [5.41, 5.74) is 2.47. The number of aliphatic hydroxyl groups excluding tert-OH is 1. The Bertz CT molecular complexity index is 564. The molecule has 3 nitrogen and oxygen atoms in total. The Morgan fingerprint density at radius 2 is 2.00 bits per heavy atom. The molecule has 0 bridgehead atoms. The molecule has 18 heavy (non-hydrogen) atoms. The smallest absolute Gasteiger partial charge is 0.159 e. The second kappa shape index (κ2) is 5.51. The number of nitrogens with zero attached hydrogens (tertiary/aromatic N) is 2. The summed E-state index contributed by atoms with van der Waals surface area (Å²) in [5, 5.41) is 8.60. The number of aryl methyl sites for hydroxylation is 1. The van der Waals surface area contributed by atoms with Crippen LogP contribution in [0.1, 0.15) is 11.3 Å². The van der Waals surface area contributed by atoms with E-state index in [4.69, 9.17) is 5.11 Å². The molecule has 0 saturated carbocycles. The number of benzene rings is 1. The van der Waals surface area contributed by atoms with E-state index >= 15 is 0 Å². The van der Waals surface area contributed by atoms with Crippen LogP contribution in [0.3, 0.4) is 0 Å². The number of hydrogen-bond acceptors (Lipinski definition) is 3. The molecule has 0 saturated heterocycles. The summed E-state index contributed by atoms with van der Waals surface area (Å²) >= 11 is 0. The first-order valence-corrected chi connectivity index (χ1v) is 5.56. The molecule has 1 aromatic carbocycles. The minimum Gasteiger partial charge on any atom is -0.389 e. The van der Waals surface area contributed by atoms with Crippen molar-refractivity contribution in [2.75, 3.05) is 6.61 Å². The van der Waals surface area contributed by atoms with E-state index in [1.807, 2.05) is 25.1 Å². The highest BCUT2D eigenvalue weighted by atomic mass is 19.1. The summed E-state index contributed by atoms with van der Waals surface area (Å²) in [6.07, 6.45) is 3.00. The molecule has 0 aliphatic carbocycles. The van der Waals surface area contributed by atoms with Crippen LogP contribution >= 0.6 is 0 Å². The third kappa shape index (κ3) is 2.99. The quantitative estimate of drug-likeness (QED) is 0.903. The maximum atomic E-state index is 12.9. The van der Waals surface area contributed by atoms with E-state index < -0.39 is 12.4 Å². The Kier molecular flexibility index (Phi) is 3.79. The van der Waals surface area contributed by atoms with E-state index in [0.29, 0.717) is 11.4 Å². The van der Waals surface area contributed by atoms with Crippen molar-refractivity contribution in [2.24, 2.45) is 0 Å². The van der Waals surface area contributed by atoms with Crippen molar-refractivity contribution in [1.82, 2.24) is 9.97 Å². The SMILES string of the molecule is Cc1ccnc(-c2ccc(/C=C(\F)CO)cc2)n1. The van der Waals surface area contributed by atoms with E-state index in [1.54, 1.807) is 18.3 Å². The Balaban J connectivity index is 2.28. The molecular weight excluding hydrogens is 231 g/mol. The molecule has 1 N–H and O–H groups in total. The van der Waals surface area contributed by atoms with Gasteiger partial charge in [-0.25, -0.2) is 14.4 Å². The fraction of sp³-hybridized carbons (Fsp3) is 0.143. The van der Waals surface area contributed by atoms with Gasteiger partial charge < -0.3 is 5.11 Å². The molecular formula is C14H13FN2O. The molecule has 0 spiro atoms. The largest absolute Gasteiger partial charge is 0.389 e. The summed E-state index contributed by atoms with van der Waals surface area (Å²) in [6.45, 7) is 1.32. The molecule has 0 aliphatic rings. The molecule has 2 aromatic rings. The van der Waals surface area contributed by atoms with Crippen LogP contribution in [0.5, 0.6) is 0 Å². The van der Waals surface area contributed by atoms with Gasteiger partial charge in [-0.1, -0.05) is 24.3 Å². The van der Waals surface area contributed by atoms with E-state index in [0.717, 1.165) is 11.3 Å². The minimum atomic E-state index is -0.581. The van der Waals surface area contributed by atoms with Crippen LogP contribution < -0.4 is 0 Å². The monoisotopic (exact) mass is 244 g/mol. The maximum absolute atomic E-state index is 12.9. The van der Waals surface area contributed by atoms with Gasteiger partial charge in [-0.15, -0.1) is 0 Å². The van der Waals surface area contributed by atoms with Crippen LogP contribution in [0.2, 0.25) is 0 Å². The Morgan fingerprint density at radius 3 is 2.61 bits per heavy atom. The van der Waals surface area contributed by atoms with Crippen LogP contribution in [0.15, 0.2) is 42.4 Å². The number of rotatable bonds is 3. The van der Waals surface area contributed by atoms with Gasteiger partial charge in [0.05, 0.1) is 6.61 Å². The third-order valence-electron chi connectivity index (χ3n) is 2.44. The average molecular weight is 244 g/mol. The van der Waals surface area contributed by atoms with Crippen molar-refractivity contribution in [3.63, 3.8) is 0 Å². The average Bonchev–Trinajstić information content (AvgIpc) is 2.39. The second-order valence-corrected chi connectivity index (χ2v) is 3.89. The molecule has 0 radical (unpaired) electrons. The van der Waals surface area contributed by atoms with E-state index in [2.05, 4.69) is 9.97 Å². The summed E-state index contributed by atoms with van der Waals surface area (Å²) in [7, 11) is 0. The molecule has 1 aromatic heterocycles. The zero-order chi connectivity index (χ0) is 13.0. The van der Waals surface area contributed by atoms with Crippen molar-refractivity contribution in [2.45, 2.75) is 6.92 Å². The molecule has 0 fully saturated rings. The predicted molar refractivity (Wildman–Crippen MR) is 68.4 cm³/mol. The molecule has 1 heterocycles. The first-order valence-electron chi connectivity index (χ1n) is 5.56. The predicted octanol–water partition coefficient (Wildman–Crippen LogP) is 2.75. The number of hydrogen-bond donors (Lipinski definition) is 1. The van der Waals surface area contributed by atoms with Gasteiger partial charge in [0.1, 0.15) is 5.83 Å². The lowest BCUT2D eigenvalue weighted by molar-refractivity contribution is 0.300. The van der Waals surface area contributed by atoms with Gasteiger partial charge in [0, 0.05) is 17.5 Å². The zero-order valence-electron chi connectivity index (χ0n) is 9.97. The number of aromatic nitrogens is 2. The lowest BCUT2D eigenvalue weighted by Crippen LogP contribution is -1.90. The lowest BCUT2D eigenvalue weighted by Gasteiger charge is -2.01. The molecule has 0 atom stereocenters. The third-order valence-corrected chi connectivity index (χ3v) is 2.44. The molecule has 2 rings (SSSR count). The van der Waals surface area contributed by atoms with E-state index in [1.165, 1.54) is 6.08 Å². The fourth-order valence-electron chi connectivity index (χ4n) is 1.54. The Hall–Kier alpha value is -2.07. The highest BCUT2D eigenvalue weighted by Crippen LogP contribution is 2.17. The van der Waals surface area contributed by atoms with Crippen LogP contribution in [0.25, 0.3) is 17.5 Å². The number of aliphatic hydroxyl groups is 1. The fourth-order valence-corrected chi connectivity index (χ4v) is 1.54. The maximum Gasteiger partial charge on any atom is 0.159 e. The lowest BCUT2D eigenvalue weighted by atomic mass is 10.1. The van der Waals surface area contributed by atoms with Gasteiger partial charge in [-0.2, -0.15) is 0 Å². The van der Waals surface area contributed by atoms with Gasteiger partial charge in [0.2, 0.25) is 0 Å². The Labute approximate surface area is 105 Å². The van der Waals surface area contributed by atoms with Gasteiger partial charge in [0.15, 0.2) is 5.82 Å². The van der Waals surface area contributed by atoms with E-state index in [9.17, 15) is 4.39 Å². The summed E-state index contributed by atoms with van der Waals surface area (Å²) in [6, 6.07) is 9.00. The standard InChI is InChI=1S/C14H13FN2O/c1-10-6-7-16-14(17-10)12-4-2-11(3-5-12)8-13(15)9-18/h2-8,18H,9H2,1H3/b13-8-. The highest BCUT2D eigenvalue weighted by molar-refractivity contribution is 5.60. The summed E-state index contributed by atoms with van der Waals surface area (Å²) in [4.78, 5) is 8.49. The van der Waals surface area contributed by atoms with Gasteiger partial charge in [-0.3, -0.25) is 0 Å².